The maximum Gasteiger partial charge on any atom is 0.187 e. The van der Waals surface area contributed by atoms with Gasteiger partial charge in [-0.05, 0) is 54.1 Å². The van der Waals surface area contributed by atoms with Gasteiger partial charge >= 0.3 is 0 Å². The van der Waals surface area contributed by atoms with Gasteiger partial charge in [0.15, 0.2) is 5.78 Å². The zero-order valence-corrected chi connectivity index (χ0v) is 18.1. The highest BCUT2D eigenvalue weighted by atomic mass is 16.1. The second-order valence-corrected chi connectivity index (χ2v) is 7.94. The molecular weight excluding hydrogens is 358 g/mol. The summed E-state index contributed by atoms with van der Waals surface area (Å²) in [6, 6.07) is 16.6. The number of hydrogen-bond acceptors (Lipinski definition) is 4. The number of likely N-dealkylation sites (N-methyl/N-ethyl adjacent to an activating group) is 1. The Hall–Kier alpha value is -2.85. The number of likely N-dealkylation sites (tertiary alicyclic amines) is 1. The molecule has 2 aromatic rings. The predicted molar refractivity (Wildman–Crippen MR) is 125 cm³/mol. The summed E-state index contributed by atoms with van der Waals surface area (Å²) in [5.74, 6) is 0.156. The number of benzene rings is 2. The van der Waals surface area contributed by atoms with E-state index in [-0.39, 0.29) is 5.78 Å². The number of hydrogen-bond donors (Lipinski definition) is 0. The summed E-state index contributed by atoms with van der Waals surface area (Å²) in [5.41, 5.74) is 6.13. The van der Waals surface area contributed by atoms with Crippen LogP contribution in [-0.4, -0.2) is 58.5 Å². The number of rotatable bonds is 5. The van der Waals surface area contributed by atoms with Crippen LogP contribution >= 0.6 is 0 Å². The van der Waals surface area contributed by atoms with Crippen LogP contribution in [0.3, 0.4) is 0 Å². The first-order chi connectivity index (χ1) is 13.9. The van der Waals surface area contributed by atoms with E-state index < -0.39 is 0 Å². The lowest BCUT2D eigenvalue weighted by Crippen LogP contribution is -2.37. The molecule has 0 saturated carbocycles. The minimum Gasteiger partial charge on any atom is -0.378 e. The molecule has 3 rings (SSSR count). The number of nitrogens with zero attached hydrogens (tertiary/aromatic N) is 3. The summed E-state index contributed by atoms with van der Waals surface area (Å²) in [4.78, 5) is 19.6. The van der Waals surface area contributed by atoms with Gasteiger partial charge in [-0.1, -0.05) is 31.2 Å². The molecule has 1 aliphatic heterocycles. The number of piperidine rings is 1. The third-order valence-corrected chi connectivity index (χ3v) is 5.32. The fraction of sp³-hybridized carbons (Fsp3) is 0.320. The van der Waals surface area contributed by atoms with Gasteiger partial charge < -0.3 is 9.80 Å². The van der Waals surface area contributed by atoms with Crippen molar-refractivity contribution in [2.75, 3.05) is 57.6 Å². The van der Waals surface area contributed by atoms with Crippen molar-refractivity contribution in [2.24, 2.45) is 0 Å². The van der Waals surface area contributed by atoms with E-state index in [4.69, 9.17) is 0 Å². The summed E-state index contributed by atoms with van der Waals surface area (Å²) in [5, 5.41) is 0. The first-order valence-corrected chi connectivity index (χ1v) is 10.1. The van der Waals surface area contributed by atoms with E-state index in [9.17, 15) is 4.79 Å². The monoisotopic (exact) mass is 389 g/mol. The van der Waals surface area contributed by atoms with Gasteiger partial charge in [-0.15, -0.1) is 0 Å². The van der Waals surface area contributed by atoms with Crippen molar-refractivity contribution in [1.82, 2.24) is 4.90 Å². The van der Waals surface area contributed by atoms with Crippen LogP contribution in [0.25, 0.3) is 12.2 Å². The van der Waals surface area contributed by atoms with Gasteiger partial charge in [-0.25, -0.2) is 0 Å². The number of carbonyl (C=O) groups excluding carboxylic acids is 1. The smallest absolute Gasteiger partial charge is 0.187 e. The number of anilines is 2. The SMILES string of the molecule is CCN1C/C(=C\c2ccc(N(C)C)cc2)C(=O)/C(=C/c2ccc(N(C)C)cc2)C1. The lowest BCUT2D eigenvalue weighted by molar-refractivity contribution is -0.113. The van der Waals surface area contributed by atoms with Crippen LogP contribution in [-0.2, 0) is 4.79 Å². The highest BCUT2D eigenvalue weighted by molar-refractivity contribution is 6.14. The van der Waals surface area contributed by atoms with Crippen LogP contribution in [0, 0.1) is 0 Å². The van der Waals surface area contributed by atoms with Gasteiger partial charge in [0.1, 0.15) is 0 Å². The highest BCUT2D eigenvalue weighted by Crippen LogP contribution is 2.23. The second-order valence-electron chi connectivity index (χ2n) is 7.94. The molecule has 4 nitrogen and oxygen atoms in total. The van der Waals surface area contributed by atoms with E-state index in [0.29, 0.717) is 13.1 Å². The van der Waals surface area contributed by atoms with E-state index >= 15 is 0 Å². The predicted octanol–water partition coefficient (Wildman–Crippen LogP) is 4.19. The number of carbonyl (C=O) groups is 1. The van der Waals surface area contributed by atoms with Crippen LogP contribution in [0.5, 0.6) is 0 Å². The van der Waals surface area contributed by atoms with E-state index in [1.807, 2.05) is 40.3 Å². The summed E-state index contributed by atoms with van der Waals surface area (Å²) >= 11 is 0. The Bertz CT molecular complexity index is 833. The van der Waals surface area contributed by atoms with Gasteiger partial charge in [0.05, 0.1) is 0 Å². The zero-order chi connectivity index (χ0) is 21.0. The Labute approximate surface area is 174 Å². The minimum atomic E-state index is 0.156. The zero-order valence-electron chi connectivity index (χ0n) is 18.1. The Kier molecular flexibility index (Phi) is 6.55. The van der Waals surface area contributed by atoms with Crippen LogP contribution in [0.2, 0.25) is 0 Å². The summed E-state index contributed by atoms with van der Waals surface area (Å²) < 4.78 is 0. The molecule has 1 fully saturated rings. The van der Waals surface area contributed by atoms with Gasteiger partial charge in [0.2, 0.25) is 0 Å². The summed E-state index contributed by atoms with van der Waals surface area (Å²) in [7, 11) is 8.11. The Morgan fingerprint density at radius 2 is 1.14 bits per heavy atom. The topological polar surface area (TPSA) is 26.8 Å². The molecule has 0 bridgehead atoms. The average Bonchev–Trinajstić information content (AvgIpc) is 2.71. The van der Waals surface area contributed by atoms with Gasteiger partial charge in [0, 0.05) is 63.8 Å². The Balaban J connectivity index is 1.88. The second kappa shape index (κ2) is 9.10. The van der Waals surface area contributed by atoms with Gasteiger partial charge in [0.25, 0.3) is 0 Å². The molecule has 152 valence electrons. The van der Waals surface area contributed by atoms with Crippen molar-refractivity contribution < 1.29 is 4.79 Å². The largest absolute Gasteiger partial charge is 0.378 e. The van der Waals surface area contributed by atoms with E-state index in [1.54, 1.807) is 0 Å². The molecule has 2 aromatic carbocycles. The lowest BCUT2D eigenvalue weighted by Gasteiger charge is -2.28. The molecule has 0 aliphatic carbocycles. The molecule has 0 amide bonds. The molecule has 1 heterocycles. The minimum absolute atomic E-state index is 0.156. The molecule has 4 heteroatoms. The van der Waals surface area contributed by atoms with Gasteiger partial charge in [-0.3, -0.25) is 9.69 Å². The van der Waals surface area contributed by atoms with Crippen molar-refractivity contribution in [3.05, 3.63) is 70.8 Å². The highest BCUT2D eigenvalue weighted by Gasteiger charge is 2.25. The van der Waals surface area contributed by atoms with Crippen molar-refractivity contribution in [3.8, 4) is 0 Å². The molecule has 0 N–H and O–H groups in total. The molecule has 29 heavy (non-hydrogen) atoms. The van der Waals surface area contributed by atoms with Crippen molar-refractivity contribution >= 4 is 29.3 Å². The standard InChI is InChI=1S/C25H31N3O/c1-6-28-17-21(15-19-7-11-23(12-8-19)26(2)3)25(29)22(18-28)16-20-9-13-24(14-10-20)27(4)5/h7-16H,6,17-18H2,1-5H3/b21-15+,22-16+. The summed E-state index contributed by atoms with van der Waals surface area (Å²) in [6.45, 7) is 4.45. The molecule has 0 aromatic heterocycles. The number of Topliss-reactive ketones (excluding diaryl/α,β-unsaturated/α-hetero) is 1. The van der Waals surface area contributed by atoms with Gasteiger partial charge in [-0.2, -0.15) is 0 Å². The van der Waals surface area contributed by atoms with E-state index in [1.165, 1.54) is 0 Å². The maximum absolute atomic E-state index is 13.2. The maximum atomic E-state index is 13.2. The molecule has 0 spiro atoms. The van der Waals surface area contributed by atoms with Crippen LogP contribution in [0.1, 0.15) is 18.1 Å². The molecule has 0 unspecified atom stereocenters. The van der Waals surface area contributed by atoms with Crippen molar-refractivity contribution in [1.29, 1.82) is 0 Å². The molecule has 0 atom stereocenters. The third-order valence-electron chi connectivity index (χ3n) is 5.32. The quantitative estimate of drug-likeness (QED) is 0.717. The Morgan fingerprint density at radius 3 is 1.45 bits per heavy atom. The molecule has 1 saturated heterocycles. The van der Waals surface area contributed by atoms with Crippen LogP contribution in [0.15, 0.2) is 59.7 Å². The molecular formula is C25H31N3O. The van der Waals surface area contributed by atoms with Crippen molar-refractivity contribution in [2.45, 2.75) is 6.92 Å². The number of ketones is 1. The molecule has 1 aliphatic rings. The first-order valence-electron chi connectivity index (χ1n) is 10.1. The van der Waals surface area contributed by atoms with Crippen molar-refractivity contribution in [3.63, 3.8) is 0 Å². The van der Waals surface area contributed by atoms with E-state index in [2.05, 4.69) is 70.2 Å². The van der Waals surface area contributed by atoms with Crippen LogP contribution < -0.4 is 9.80 Å². The lowest BCUT2D eigenvalue weighted by atomic mass is 9.94. The fourth-order valence-corrected chi connectivity index (χ4v) is 3.47. The first kappa shape index (κ1) is 20.9. The molecule has 0 radical (unpaired) electrons. The fourth-order valence-electron chi connectivity index (χ4n) is 3.47. The third kappa shape index (κ3) is 5.15. The summed E-state index contributed by atoms with van der Waals surface area (Å²) in [6.07, 6.45) is 4.07. The van der Waals surface area contributed by atoms with Crippen LogP contribution in [0.4, 0.5) is 11.4 Å². The van der Waals surface area contributed by atoms with E-state index in [0.717, 1.165) is 40.2 Å². The Morgan fingerprint density at radius 1 is 0.759 bits per heavy atom. The average molecular weight is 390 g/mol. The normalized spacial score (nSPS) is 17.8.